The topological polar surface area (TPSA) is 84.2 Å². The van der Waals surface area contributed by atoms with Crippen LogP contribution in [0.4, 0.5) is 11.4 Å². The van der Waals surface area contributed by atoms with Crippen LogP contribution in [0.2, 0.25) is 0 Å². The predicted molar refractivity (Wildman–Crippen MR) is 127 cm³/mol. The lowest BCUT2D eigenvalue weighted by molar-refractivity contribution is -0.127. The van der Waals surface area contributed by atoms with Gasteiger partial charge < -0.3 is 16.4 Å². The summed E-state index contributed by atoms with van der Waals surface area (Å²) in [5.41, 5.74) is 9.16. The fourth-order valence-corrected chi connectivity index (χ4v) is 4.85. The normalized spacial score (nSPS) is 14.1. The highest BCUT2D eigenvalue weighted by atomic mass is 32.1. The first-order valence-corrected chi connectivity index (χ1v) is 11.2. The van der Waals surface area contributed by atoms with Crippen molar-refractivity contribution in [1.82, 2.24) is 5.32 Å². The number of rotatable bonds is 4. The zero-order valence-corrected chi connectivity index (χ0v) is 18.4. The Bertz CT molecular complexity index is 989. The molecule has 0 saturated heterocycles. The maximum atomic E-state index is 11.3. The van der Waals surface area contributed by atoms with Crippen molar-refractivity contribution in [1.29, 1.82) is 0 Å². The number of hydrogen-bond acceptors (Lipinski definition) is 5. The summed E-state index contributed by atoms with van der Waals surface area (Å²) >= 11 is 1.64. The van der Waals surface area contributed by atoms with E-state index < -0.39 is 5.91 Å². The van der Waals surface area contributed by atoms with E-state index >= 15 is 0 Å². The lowest BCUT2D eigenvalue weighted by Crippen LogP contribution is -2.26. The number of nitrogen functional groups attached to an aromatic ring is 1. The lowest BCUT2D eigenvalue weighted by Gasteiger charge is -2.20. The van der Waals surface area contributed by atoms with E-state index in [0.29, 0.717) is 11.4 Å². The van der Waals surface area contributed by atoms with E-state index in [1.165, 1.54) is 36.8 Å². The molecule has 6 heteroatoms. The number of aldehydes is 1. The van der Waals surface area contributed by atoms with Crippen molar-refractivity contribution in [3.63, 3.8) is 0 Å². The fraction of sp³-hybridized carbons (Fsp3) is 0.333. The number of carbonyl (C=O) groups is 2. The lowest BCUT2D eigenvalue weighted by atomic mass is 9.96. The van der Waals surface area contributed by atoms with Gasteiger partial charge in [-0.2, -0.15) is 0 Å². The second kappa shape index (κ2) is 10.4. The molecule has 1 heterocycles. The Kier molecular flexibility index (Phi) is 7.60. The number of anilines is 2. The van der Waals surface area contributed by atoms with Crippen molar-refractivity contribution in [3.05, 3.63) is 48.0 Å². The van der Waals surface area contributed by atoms with E-state index in [0.717, 1.165) is 27.4 Å². The summed E-state index contributed by atoms with van der Waals surface area (Å²) in [6.07, 6.45) is 7.38. The second-order valence-corrected chi connectivity index (χ2v) is 8.72. The first kappa shape index (κ1) is 22.0. The van der Waals surface area contributed by atoms with Crippen LogP contribution in [0.3, 0.4) is 0 Å². The van der Waals surface area contributed by atoms with Gasteiger partial charge in [0.25, 0.3) is 5.91 Å². The second-order valence-electron chi connectivity index (χ2n) is 7.63. The van der Waals surface area contributed by atoms with Crippen LogP contribution >= 0.6 is 11.3 Å². The quantitative estimate of drug-likeness (QED) is 0.308. The van der Waals surface area contributed by atoms with E-state index in [2.05, 4.69) is 35.9 Å². The number of fused-ring (bicyclic) bond motifs is 1. The molecule has 1 aliphatic carbocycles. The molecule has 1 saturated carbocycles. The van der Waals surface area contributed by atoms with Gasteiger partial charge in [-0.1, -0.05) is 37.5 Å². The number of nitrogens with two attached hydrogens (primary N) is 1. The Balaban J connectivity index is 0.000000269. The Labute approximate surface area is 181 Å². The van der Waals surface area contributed by atoms with Gasteiger partial charge >= 0.3 is 0 Å². The molecule has 1 amide bonds. The minimum atomic E-state index is -0.675. The number of nitrogens with one attached hydrogen (secondary N) is 2. The summed E-state index contributed by atoms with van der Waals surface area (Å²) in [6.45, 7) is 1.88. The fourth-order valence-electron chi connectivity index (χ4n) is 3.75. The third-order valence-corrected chi connectivity index (χ3v) is 6.62. The zero-order chi connectivity index (χ0) is 21.5. The monoisotopic (exact) mass is 423 g/mol. The van der Waals surface area contributed by atoms with Gasteiger partial charge in [-0.15, -0.1) is 11.3 Å². The molecule has 0 unspecified atom stereocenters. The van der Waals surface area contributed by atoms with E-state index in [4.69, 9.17) is 5.73 Å². The minimum absolute atomic E-state index is 0.255. The minimum Gasteiger partial charge on any atom is -0.398 e. The largest absolute Gasteiger partial charge is 0.398 e. The standard InChI is InChI=1S/C17H14N2O2S.C7H15N/c1-10-6-12(19-16(21)9-20)8-13(17(10)18)15-7-11-4-2-3-5-14(11)22-15;1-8-7-5-3-2-4-6-7/h2-9H,18H2,1H3,(H,19,21);7-8H,2-6H2,1H3. The summed E-state index contributed by atoms with van der Waals surface area (Å²) in [7, 11) is 2.07. The molecule has 0 radical (unpaired) electrons. The number of hydrogen-bond donors (Lipinski definition) is 3. The van der Waals surface area contributed by atoms with Gasteiger partial charge in [0.2, 0.25) is 6.29 Å². The van der Waals surface area contributed by atoms with Crippen LogP contribution in [0.1, 0.15) is 37.7 Å². The number of aryl methyl sites for hydroxylation is 1. The molecular weight excluding hydrogens is 394 g/mol. The molecule has 4 N–H and O–H groups in total. The number of carbonyl (C=O) groups excluding carboxylic acids is 2. The molecule has 0 aliphatic heterocycles. The van der Waals surface area contributed by atoms with Crippen molar-refractivity contribution < 1.29 is 9.59 Å². The molecule has 2 aromatic carbocycles. The highest BCUT2D eigenvalue weighted by molar-refractivity contribution is 7.22. The van der Waals surface area contributed by atoms with Gasteiger partial charge in [0.1, 0.15) is 0 Å². The average Bonchev–Trinajstić information content (AvgIpc) is 3.21. The van der Waals surface area contributed by atoms with Crippen molar-refractivity contribution in [2.24, 2.45) is 0 Å². The molecule has 158 valence electrons. The number of amides is 1. The highest BCUT2D eigenvalue weighted by Crippen LogP contribution is 2.38. The summed E-state index contributed by atoms with van der Waals surface area (Å²) in [6, 6.07) is 14.6. The molecule has 0 spiro atoms. The maximum Gasteiger partial charge on any atom is 0.288 e. The SMILES string of the molecule is CNC1CCCCC1.Cc1cc(NC(=O)C=O)cc(-c2cc3ccccc3s2)c1N. The Morgan fingerprint density at radius 1 is 1.13 bits per heavy atom. The molecule has 1 aliphatic rings. The van der Waals surface area contributed by atoms with Crippen molar-refractivity contribution in [2.45, 2.75) is 45.1 Å². The maximum absolute atomic E-state index is 11.3. The van der Waals surface area contributed by atoms with Crippen LogP contribution in [-0.2, 0) is 9.59 Å². The molecule has 3 aromatic rings. The van der Waals surface area contributed by atoms with E-state index in [1.54, 1.807) is 23.5 Å². The van der Waals surface area contributed by atoms with Crippen molar-refractivity contribution in [2.75, 3.05) is 18.1 Å². The summed E-state index contributed by atoms with van der Waals surface area (Å²) in [5.74, 6) is -0.675. The third-order valence-electron chi connectivity index (χ3n) is 5.47. The molecule has 0 atom stereocenters. The predicted octanol–water partition coefficient (Wildman–Crippen LogP) is 5.13. The van der Waals surface area contributed by atoms with Crippen molar-refractivity contribution >= 4 is 45.0 Å². The van der Waals surface area contributed by atoms with Gasteiger partial charge in [-0.05, 0) is 62.0 Å². The van der Waals surface area contributed by atoms with Crippen LogP contribution in [-0.4, -0.2) is 25.3 Å². The van der Waals surface area contributed by atoms with Crippen LogP contribution in [0.25, 0.3) is 20.5 Å². The smallest absolute Gasteiger partial charge is 0.288 e. The van der Waals surface area contributed by atoms with Gasteiger partial charge in [0.05, 0.1) is 0 Å². The van der Waals surface area contributed by atoms with Gasteiger partial charge in [-0.3, -0.25) is 9.59 Å². The Morgan fingerprint density at radius 2 is 1.87 bits per heavy atom. The van der Waals surface area contributed by atoms with Gasteiger partial charge in [0, 0.05) is 32.6 Å². The third kappa shape index (κ3) is 5.46. The first-order chi connectivity index (χ1) is 14.5. The average molecular weight is 424 g/mol. The van der Waals surface area contributed by atoms with Crippen molar-refractivity contribution in [3.8, 4) is 10.4 Å². The first-order valence-electron chi connectivity index (χ1n) is 10.3. The molecule has 1 aromatic heterocycles. The summed E-state index contributed by atoms with van der Waals surface area (Å²) in [5, 5.41) is 7.00. The number of thiophene rings is 1. The Hall–Kier alpha value is -2.70. The molecule has 0 bridgehead atoms. The molecule has 5 nitrogen and oxygen atoms in total. The van der Waals surface area contributed by atoms with Crippen LogP contribution in [0.15, 0.2) is 42.5 Å². The highest BCUT2D eigenvalue weighted by Gasteiger charge is 2.12. The molecule has 4 rings (SSSR count). The van der Waals surface area contributed by atoms with Crippen LogP contribution in [0.5, 0.6) is 0 Å². The summed E-state index contributed by atoms with van der Waals surface area (Å²) in [4.78, 5) is 22.8. The number of benzene rings is 2. The van der Waals surface area contributed by atoms with E-state index in [1.807, 2.05) is 19.1 Å². The summed E-state index contributed by atoms with van der Waals surface area (Å²) < 4.78 is 1.18. The van der Waals surface area contributed by atoms with E-state index in [-0.39, 0.29) is 6.29 Å². The van der Waals surface area contributed by atoms with Crippen LogP contribution < -0.4 is 16.4 Å². The molecule has 30 heavy (non-hydrogen) atoms. The van der Waals surface area contributed by atoms with Crippen LogP contribution in [0, 0.1) is 6.92 Å². The van der Waals surface area contributed by atoms with Gasteiger partial charge in [0.15, 0.2) is 0 Å². The Morgan fingerprint density at radius 3 is 2.50 bits per heavy atom. The zero-order valence-electron chi connectivity index (χ0n) is 17.5. The van der Waals surface area contributed by atoms with Gasteiger partial charge in [-0.25, -0.2) is 0 Å². The van der Waals surface area contributed by atoms with E-state index in [9.17, 15) is 9.59 Å². The molecule has 1 fully saturated rings. The molecular formula is C24H29N3O2S.